The lowest BCUT2D eigenvalue weighted by Gasteiger charge is -2.32. The summed E-state index contributed by atoms with van der Waals surface area (Å²) in [6.45, 7) is -0.165. The zero-order valence-corrected chi connectivity index (χ0v) is 10.6. The Labute approximate surface area is 108 Å². The lowest BCUT2D eigenvalue weighted by Crippen LogP contribution is -2.51. The van der Waals surface area contributed by atoms with Gasteiger partial charge in [0.25, 0.3) is 0 Å². The number of aliphatic hydroxyl groups excluding tert-OH is 1. The van der Waals surface area contributed by atoms with E-state index in [0.717, 1.165) is 4.90 Å². The van der Waals surface area contributed by atoms with Crippen LogP contribution in [0.25, 0.3) is 0 Å². The maximum atomic E-state index is 12.3. The summed E-state index contributed by atoms with van der Waals surface area (Å²) in [5.74, 6) is -1.54. The SMILES string of the molecule is CC(C)N(CCO)C(=O)N(CC(=O)O)CC(F)(F)F. The molecule has 0 spiro atoms. The first-order valence-corrected chi connectivity index (χ1v) is 5.53. The van der Waals surface area contributed by atoms with Gasteiger partial charge in [-0.2, -0.15) is 13.2 Å². The van der Waals surface area contributed by atoms with Crippen LogP contribution in [0.5, 0.6) is 0 Å². The van der Waals surface area contributed by atoms with Crippen LogP contribution in [0.3, 0.4) is 0 Å². The number of amides is 2. The van der Waals surface area contributed by atoms with Crippen molar-refractivity contribution >= 4 is 12.0 Å². The number of nitrogens with zero attached hydrogens (tertiary/aromatic N) is 2. The van der Waals surface area contributed by atoms with Crippen molar-refractivity contribution in [3.63, 3.8) is 0 Å². The van der Waals surface area contributed by atoms with Crippen molar-refractivity contribution in [3.8, 4) is 0 Å². The Morgan fingerprint density at radius 1 is 1.26 bits per heavy atom. The molecule has 0 aromatic rings. The molecule has 0 radical (unpaired) electrons. The monoisotopic (exact) mass is 286 g/mol. The summed E-state index contributed by atoms with van der Waals surface area (Å²) < 4.78 is 36.9. The smallest absolute Gasteiger partial charge is 0.406 e. The molecule has 112 valence electrons. The molecule has 0 aromatic heterocycles. The molecule has 0 bridgehead atoms. The molecule has 19 heavy (non-hydrogen) atoms. The van der Waals surface area contributed by atoms with Crippen LogP contribution in [0.4, 0.5) is 18.0 Å². The third-order valence-corrected chi connectivity index (χ3v) is 2.18. The van der Waals surface area contributed by atoms with Gasteiger partial charge in [0.1, 0.15) is 13.1 Å². The molecule has 0 heterocycles. The third kappa shape index (κ3) is 6.85. The number of carbonyl (C=O) groups excluding carboxylic acids is 1. The number of hydrogen-bond donors (Lipinski definition) is 2. The minimum Gasteiger partial charge on any atom is -0.480 e. The summed E-state index contributed by atoms with van der Waals surface area (Å²) in [7, 11) is 0. The van der Waals surface area contributed by atoms with Crippen LogP contribution in [-0.2, 0) is 4.79 Å². The fraction of sp³-hybridized carbons (Fsp3) is 0.800. The molecule has 0 fully saturated rings. The van der Waals surface area contributed by atoms with Crippen LogP contribution in [0.2, 0.25) is 0 Å². The number of carboxylic acid groups (broad SMARTS) is 1. The quantitative estimate of drug-likeness (QED) is 0.755. The van der Waals surface area contributed by atoms with E-state index in [4.69, 9.17) is 10.2 Å². The third-order valence-electron chi connectivity index (χ3n) is 2.18. The van der Waals surface area contributed by atoms with Crippen molar-refractivity contribution in [2.45, 2.75) is 26.1 Å². The van der Waals surface area contributed by atoms with Gasteiger partial charge < -0.3 is 20.0 Å². The second-order valence-electron chi connectivity index (χ2n) is 4.16. The highest BCUT2D eigenvalue weighted by Crippen LogP contribution is 2.18. The normalized spacial score (nSPS) is 11.5. The van der Waals surface area contributed by atoms with Crippen molar-refractivity contribution in [3.05, 3.63) is 0 Å². The van der Waals surface area contributed by atoms with Crippen molar-refractivity contribution < 1.29 is 33.0 Å². The molecule has 0 saturated carbocycles. The van der Waals surface area contributed by atoms with E-state index in [1.807, 2.05) is 0 Å². The molecule has 0 aromatic carbocycles. The molecule has 0 aliphatic heterocycles. The zero-order chi connectivity index (χ0) is 15.2. The molecule has 2 N–H and O–H groups in total. The van der Waals surface area contributed by atoms with Gasteiger partial charge in [0.15, 0.2) is 0 Å². The van der Waals surface area contributed by atoms with E-state index in [1.165, 1.54) is 0 Å². The Bertz CT molecular complexity index is 320. The first-order valence-electron chi connectivity index (χ1n) is 5.53. The number of aliphatic carboxylic acids is 1. The molecule has 0 rings (SSSR count). The van der Waals surface area contributed by atoms with Crippen molar-refractivity contribution in [1.29, 1.82) is 0 Å². The van der Waals surface area contributed by atoms with E-state index in [9.17, 15) is 22.8 Å². The number of carboxylic acids is 1. The minimum absolute atomic E-state index is 0.162. The van der Waals surface area contributed by atoms with Crippen LogP contribution in [0, 0.1) is 0 Å². The Balaban J connectivity index is 5.00. The van der Waals surface area contributed by atoms with Crippen LogP contribution >= 0.6 is 0 Å². The average molecular weight is 286 g/mol. The predicted molar refractivity (Wildman–Crippen MR) is 59.6 cm³/mol. The Kier molecular flexibility index (Phi) is 6.60. The number of urea groups is 1. The molecule has 0 saturated heterocycles. The number of hydrogen-bond acceptors (Lipinski definition) is 3. The molecule has 0 aliphatic rings. The number of carbonyl (C=O) groups is 2. The van der Waals surface area contributed by atoms with Gasteiger partial charge >= 0.3 is 18.2 Å². The second-order valence-corrected chi connectivity index (χ2v) is 4.16. The summed E-state index contributed by atoms with van der Waals surface area (Å²) in [5, 5.41) is 17.3. The summed E-state index contributed by atoms with van der Waals surface area (Å²) in [6, 6.07) is -1.52. The van der Waals surface area contributed by atoms with E-state index in [-0.39, 0.29) is 11.4 Å². The minimum atomic E-state index is -4.69. The lowest BCUT2D eigenvalue weighted by atomic mass is 10.3. The van der Waals surface area contributed by atoms with Crippen LogP contribution < -0.4 is 0 Å². The van der Waals surface area contributed by atoms with Gasteiger partial charge in [0.05, 0.1) is 6.61 Å². The van der Waals surface area contributed by atoms with Crippen LogP contribution in [0.15, 0.2) is 0 Å². The highest BCUT2D eigenvalue weighted by molar-refractivity contribution is 5.80. The fourth-order valence-electron chi connectivity index (χ4n) is 1.43. The van der Waals surface area contributed by atoms with Gasteiger partial charge in [-0.15, -0.1) is 0 Å². The van der Waals surface area contributed by atoms with E-state index in [1.54, 1.807) is 13.8 Å². The van der Waals surface area contributed by atoms with Gasteiger partial charge in [0, 0.05) is 12.6 Å². The standard InChI is InChI=1S/C10H17F3N2O4/c1-7(2)15(3-4-16)9(19)14(5-8(17)18)6-10(11,12)13/h7,16H,3-6H2,1-2H3,(H,17,18). The maximum Gasteiger partial charge on any atom is 0.406 e. The van der Waals surface area contributed by atoms with Gasteiger partial charge in [-0.3, -0.25) is 4.79 Å². The van der Waals surface area contributed by atoms with E-state index in [0.29, 0.717) is 0 Å². The number of aliphatic hydroxyl groups is 1. The molecule has 0 aliphatic carbocycles. The van der Waals surface area contributed by atoms with Gasteiger partial charge in [-0.25, -0.2) is 4.79 Å². The fourth-order valence-corrected chi connectivity index (χ4v) is 1.43. The molecule has 0 unspecified atom stereocenters. The maximum absolute atomic E-state index is 12.3. The van der Waals surface area contributed by atoms with E-state index < -0.39 is 43.9 Å². The Morgan fingerprint density at radius 2 is 1.79 bits per heavy atom. The molecular weight excluding hydrogens is 269 g/mol. The van der Waals surface area contributed by atoms with Crippen molar-refractivity contribution in [2.75, 3.05) is 26.2 Å². The first-order chi connectivity index (χ1) is 8.58. The summed E-state index contributed by atoms with van der Waals surface area (Å²) in [6.07, 6.45) is -4.69. The second kappa shape index (κ2) is 7.17. The Hall–Kier alpha value is -1.51. The van der Waals surface area contributed by atoms with Crippen molar-refractivity contribution in [2.24, 2.45) is 0 Å². The number of halogens is 3. The number of rotatable bonds is 6. The summed E-state index contributed by atoms with van der Waals surface area (Å²) in [4.78, 5) is 23.6. The molecule has 2 amide bonds. The molecule has 6 nitrogen and oxygen atoms in total. The van der Waals surface area contributed by atoms with Crippen LogP contribution in [0.1, 0.15) is 13.8 Å². The predicted octanol–water partition coefficient (Wildman–Crippen LogP) is 0.758. The van der Waals surface area contributed by atoms with E-state index in [2.05, 4.69) is 0 Å². The summed E-state index contributed by atoms with van der Waals surface area (Å²) in [5.41, 5.74) is 0. The van der Waals surface area contributed by atoms with Gasteiger partial charge in [0.2, 0.25) is 0 Å². The van der Waals surface area contributed by atoms with E-state index >= 15 is 0 Å². The Morgan fingerprint density at radius 3 is 2.11 bits per heavy atom. The molecule has 0 atom stereocenters. The first kappa shape index (κ1) is 17.5. The highest BCUT2D eigenvalue weighted by atomic mass is 19.4. The number of alkyl halides is 3. The molecular formula is C10H17F3N2O4. The van der Waals surface area contributed by atoms with Gasteiger partial charge in [-0.05, 0) is 13.8 Å². The average Bonchev–Trinajstić information content (AvgIpc) is 2.20. The summed E-state index contributed by atoms with van der Waals surface area (Å²) >= 11 is 0. The van der Waals surface area contributed by atoms with Crippen molar-refractivity contribution in [1.82, 2.24) is 9.80 Å². The highest BCUT2D eigenvalue weighted by Gasteiger charge is 2.36. The van der Waals surface area contributed by atoms with Gasteiger partial charge in [-0.1, -0.05) is 0 Å². The lowest BCUT2D eigenvalue weighted by molar-refractivity contribution is -0.150. The largest absolute Gasteiger partial charge is 0.480 e. The van der Waals surface area contributed by atoms with Crippen LogP contribution in [-0.4, -0.2) is 70.5 Å². The molecule has 9 heteroatoms. The topological polar surface area (TPSA) is 81.1 Å². The zero-order valence-electron chi connectivity index (χ0n) is 10.6.